The second-order valence-electron chi connectivity index (χ2n) is 7.86. The van der Waals surface area contributed by atoms with E-state index in [0.29, 0.717) is 5.92 Å². The lowest BCUT2D eigenvalue weighted by Crippen LogP contribution is -2.70. The SMILES string of the molecule is CO[C@H]1C(=O)N(C(C)C)[C@H]1C1CCN(C(=O)c2c[nH]c3ccccc23)CC1. The van der Waals surface area contributed by atoms with E-state index in [9.17, 15) is 9.59 Å². The quantitative estimate of drug-likeness (QED) is 0.843. The number of hydrogen-bond acceptors (Lipinski definition) is 3. The molecule has 0 bridgehead atoms. The summed E-state index contributed by atoms with van der Waals surface area (Å²) in [6.07, 6.45) is 3.28. The van der Waals surface area contributed by atoms with Gasteiger partial charge in [-0.15, -0.1) is 0 Å². The summed E-state index contributed by atoms with van der Waals surface area (Å²) in [5.41, 5.74) is 1.72. The number of methoxy groups -OCH3 is 1. The zero-order chi connectivity index (χ0) is 19.1. The molecule has 2 saturated heterocycles. The number of nitrogens with zero attached hydrogens (tertiary/aromatic N) is 2. The number of aromatic amines is 1. The fraction of sp³-hybridized carbons (Fsp3) is 0.524. The second-order valence-corrected chi connectivity index (χ2v) is 7.86. The van der Waals surface area contributed by atoms with Crippen LogP contribution in [0.15, 0.2) is 30.5 Å². The first-order chi connectivity index (χ1) is 13.0. The molecular weight excluding hydrogens is 342 g/mol. The predicted octanol–water partition coefficient (Wildman–Crippen LogP) is 2.65. The van der Waals surface area contributed by atoms with E-state index in [2.05, 4.69) is 4.98 Å². The number of ether oxygens (including phenoxy) is 1. The van der Waals surface area contributed by atoms with Crippen LogP contribution in [0.2, 0.25) is 0 Å². The van der Waals surface area contributed by atoms with Gasteiger partial charge in [-0.1, -0.05) is 18.2 Å². The topological polar surface area (TPSA) is 65.6 Å². The molecule has 2 atom stereocenters. The molecule has 1 N–H and O–H groups in total. The number of carbonyl (C=O) groups excluding carboxylic acids is 2. The Morgan fingerprint density at radius 3 is 2.59 bits per heavy atom. The molecule has 27 heavy (non-hydrogen) atoms. The first-order valence-electron chi connectivity index (χ1n) is 9.73. The summed E-state index contributed by atoms with van der Waals surface area (Å²) in [6.45, 7) is 5.53. The molecule has 6 nitrogen and oxygen atoms in total. The maximum absolute atomic E-state index is 13.0. The first kappa shape index (κ1) is 18.0. The predicted molar refractivity (Wildman–Crippen MR) is 103 cm³/mol. The number of para-hydroxylation sites is 1. The van der Waals surface area contributed by atoms with Crippen LogP contribution in [0.25, 0.3) is 10.9 Å². The maximum Gasteiger partial charge on any atom is 0.256 e. The molecule has 6 heteroatoms. The minimum Gasteiger partial charge on any atom is -0.369 e. The van der Waals surface area contributed by atoms with Gasteiger partial charge in [-0.3, -0.25) is 9.59 Å². The Balaban J connectivity index is 1.44. The van der Waals surface area contributed by atoms with Crippen LogP contribution in [0.1, 0.15) is 37.0 Å². The number of fused-ring (bicyclic) bond motifs is 1. The van der Waals surface area contributed by atoms with Crippen LogP contribution >= 0.6 is 0 Å². The average molecular weight is 369 g/mol. The van der Waals surface area contributed by atoms with Crippen molar-refractivity contribution in [3.63, 3.8) is 0 Å². The average Bonchev–Trinajstić information content (AvgIpc) is 3.10. The Labute approximate surface area is 159 Å². The normalized spacial score (nSPS) is 23.9. The number of rotatable bonds is 4. The minimum absolute atomic E-state index is 0.0830. The Kier molecular flexibility index (Phi) is 4.68. The highest BCUT2D eigenvalue weighted by Gasteiger charge is 2.52. The third-order valence-electron chi connectivity index (χ3n) is 6.07. The van der Waals surface area contributed by atoms with E-state index in [4.69, 9.17) is 4.74 Å². The minimum atomic E-state index is -0.326. The largest absolute Gasteiger partial charge is 0.369 e. The van der Waals surface area contributed by atoms with Crippen molar-refractivity contribution in [2.75, 3.05) is 20.2 Å². The lowest BCUT2D eigenvalue weighted by Gasteiger charge is -2.53. The van der Waals surface area contributed by atoms with Gasteiger partial charge in [-0.25, -0.2) is 0 Å². The van der Waals surface area contributed by atoms with Gasteiger partial charge in [-0.2, -0.15) is 0 Å². The number of hydrogen-bond donors (Lipinski definition) is 1. The fourth-order valence-corrected chi connectivity index (χ4v) is 4.68. The number of aromatic nitrogens is 1. The van der Waals surface area contributed by atoms with Gasteiger partial charge in [0.05, 0.1) is 11.6 Å². The van der Waals surface area contributed by atoms with E-state index in [0.717, 1.165) is 42.4 Å². The number of carbonyl (C=O) groups is 2. The number of β-lactam (4-membered cyclic amide) rings is 1. The summed E-state index contributed by atoms with van der Waals surface area (Å²) >= 11 is 0. The summed E-state index contributed by atoms with van der Waals surface area (Å²) < 4.78 is 5.45. The molecule has 0 aliphatic carbocycles. The molecule has 2 fully saturated rings. The monoisotopic (exact) mass is 369 g/mol. The van der Waals surface area contributed by atoms with E-state index in [1.54, 1.807) is 7.11 Å². The molecule has 2 aliphatic rings. The Hall–Kier alpha value is -2.34. The summed E-state index contributed by atoms with van der Waals surface area (Å²) in [6, 6.07) is 8.20. The highest BCUT2D eigenvalue weighted by molar-refractivity contribution is 6.06. The molecule has 2 aromatic rings. The van der Waals surface area contributed by atoms with Gasteiger partial charge < -0.3 is 19.5 Å². The van der Waals surface area contributed by atoms with E-state index >= 15 is 0 Å². The fourth-order valence-electron chi connectivity index (χ4n) is 4.68. The van der Waals surface area contributed by atoms with Gasteiger partial charge >= 0.3 is 0 Å². The van der Waals surface area contributed by atoms with Crippen LogP contribution in [-0.4, -0.2) is 65.0 Å². The van der Waals surface area contributed by atoms with Crippen molar-refractivity contribution in [3.05, 3.63) is 36.0 Å². The standard InChI is InChI=1S/C21H27N3O3/c1-13(2)24-18(19(27-3)21(24)26)14-8-10-23(11-9-14)20(25)16-12-22-17-7-5-4-6-15(16)17/h4-7,12-14,18-19,22H,8-11H2,1-3H3/t18-,19+/m0/s1. The van der Waals surface area contributed by atoms with Crippen LogP contribution in [-0.2, 0) is 9.53 Å². The third kappa shape index (κ3) is 2.92. The number of piperidine rings is 1. The van der Waals surface area contributed by atoms with Gasteiger partial charge in [-0.05, 0) is 38.7 Å². The number of likely N-dealkylation sites (tertiary alicyclic amines) is 2. The van der Waals surface area contributed by atoms with Crippen molar-refractivity contribution in [3.8, 4) is 0 Å². The zero-order valence-corrected chi connectivity index (χ0v) is 16.1. The number of nitrogens with one attached hydrogen (secondary N) is 1. The smallest absolute Gasteiger partial charge is 0.256 e. The lowest BCUT2D eigenvalue weighted by atomic mass is 9.79. The summed E-state index contributed by atoms with van der Waals surface area (Å²) in [5, 5.41) is 0.972. The van der Waals surface area contributed by atoms with Crippen molar-refractivity contribution in [2.24, 2.45) is 5.92 Å². The zero-order valence-electron chi connectivity index (χ0n) is 16.1. The Morgan fingerprint density at radius 1 is 1.22 bits per heavy atom. The van der Waals surface area contributed by atoms with Gasteiger partial charge in [0.15, 0.2) is 6.10 Å². The van der Waals surface area contributed by atoms with Crippen molar-refractivity contribution >= 4 is 22.7 Å². The van der Waals surface area contributed by atoms with Gasteiger partial charge in [0.1, 0.15) is 0 Å². The molecule has 2 aliphatic heterocycles. The second kappa shape index (κ2) is 7.00. The van der Waals surface area contributed by atoms with Crippen molar-refractivity contribution in [2.45, 2.75) is 44.9 Å². The molecule has 1 aromatic carbocycles. The molecule has 144 valence electrons. The van der Waals surface area contributed by atoms with Crippen LogP contribution in [0.3, 0.4) is 0 Å². The van der Waals surface area contributed by atoms with Crippen LogP contribution in [0.4, 0.5) is 0 Å². The lowest BCUT2D eigenvalue weighted by molar-refractivity contribution is -0.181. The molecule has 0 radical (unpaired) electrons. The molecule has 0 unspecified atom stereocenters. The van der Waals surface area contributed by atoms with Crippen molar-refractivity contribution in [1.29, 1.82) is 0 Å². The molecule has 3 heterocycles. The summed E-state index contributed by atoms with van der Waals surface area (Å²) in [7, 11) is 1.61. The van der Waals surface area contributed by atoms with Crippen LogP contribution < -0.4 is 0 Å². The molecule has 0 saturated carbocycles. The molecule has 1 aromatic heterocycles. The highest BCUT2D eigenvalue weighted by atomic mass is 16.5. The summed E-state index contributed by atoms with van der Waals surface area (Å²) in [5.74, 6) is 0.552. The molecule has 0 spiro atoms. The van der Waals surface area contributed by atoms with Crippen LogP contribution in [0, 0.1) is 5.92 Å². The van der Waals surface area contributed by atoms with E-state index in [1.807, 2.05) is 54.1 Å². The molecular formula is C21H27N3O3. The van der Waals surface area contributed by atoms with Crippen LogP contribution in [0.5, 0.6) is 0 Å². The molecule has 2 amide bonds. The van der Waals surface area contributed by atoms with E-state index in [-0.39, 0.29) is 30.0 Å². The highest BCUT2D eigenvalue weighted by Crippen LogP contribution is 2.36. The van der Waals surface area contributed by atoms with E-state index in [1.165, 1.54) is 0 Å². The number of amides is 2. The first-order valence-corrected chi connectivity index (χ1v) is 9.73. The Bertz CT molecular complexity index is 851. The van der Waals surface area contributed by atoms with Crippen molar-refractivity contribution in [1.82, 2.24) is 14.8 Å². The van der Waals surface area contributed by atoms with E-state index < -0.39 is 0 Å². The van der Waals surface area contributed by atoms with Crippen molar-refractivity contribution < 1.29 is 14.3 Å². The molecule has 4 rings (SSSR count). The van der Waals surface area contributed by atoms with Gasteiger partial charge in [0, 0.05) is 43.3 Å². The van der Waals surface area contributed by atoms with Gasteiger partial charge in [0.2, 0.25) is 0 Å². The number of H-pyrrole nitrogens is 1. The maximum atomic E-state index is 13.0. The Morgan fingerprint density at radius 2 is 1.93 bits per heavy atom. The summed E-state index contributed by atoms with van der Waals surface area (Å²) in [4.78, 5) is 32.3. The van der Waals surface area contributed by atoms with Gasteiger partial charge in [0.25, 0.3) is 11.8 Å². The number of benzene rings is 1. The third-order valence-corrected chi connectivity index (χ3v) is 6.07.